The predicted octanol–water partition coefficient (Wildman–Crippen LogP) is 1.80. The van der Waals surface area contributed by atoms with Crippen molar-refractivity contribution in [1.82, 2.24) is 10.2 Å². The molecule has 0 bridgehead atoms. The van der Waals surface area contributed by atoms with Gasteiger partial charge < -0.3 is 10.1 Å². The van der Waals surface area contributed by atoms with Gasteiger partial charge in [-0.05, 0) is 43.6 Å². The predicted molar refractivity (Wildman–Crippen MR) is 74.7 cm³/mol. The van der Waals surface area contributed by atoms with Crippen LogP contribution in [0.3, 0.4) is 0 Å². The molecule has 1 aliphatic rings. The molecule has 0 spiro atoms. The number of nitrogens with zero attached hydrogens (tertiary/aromatic N) is 1. The van der Waals surface area contributed by atoms with Crippen LogP contribution in [0.25, 0.3) is 0 Å². The monoisotopic (exact) mass is 248 g/mol. The summed E-state index contributed by atoms with van der Waals surface area (Å²) in [7, 11) is 3.91. The standard InChI is InChI=1S/C15H24N2O/c1-12(11-18-3)17(2)10-13-4-5-14-6-7-16-9-15(14)8-13/h4-5,8,12,16H,6-7,9-11H2,1-3H3. The lowest BCUT2D eigenvalue weighted by atomic mass is 9.98. The van der Waals surface area contributed by atoms with Crippen LogP contribution in [-0.4, -0.2) is 38.3 Å². The average molecular weight is 248 g/mol. The first-order chi connectivity index (χ1) is 8.70. The van der Waals surface area contributed by atoms with Gasteiger partial charge in [-0.2, -0.15) is 0 Å². The third kappa shape index (κ3) is 3.31. The van der Waals surface area contributed by atoms with Crippen molar-refractivity contribution in [3.05, 3.63) is 34.9 Å². The summed E-state index contributed by atoms with van der Waals surface area (Å²) in [5.41, 5.74) is 4.36. The molecule has 1 aliphatic heterocycles. The summed E-state index contributed by atoms with van der Waals surface area (Å²) < 4.78 is 5.20. The van der Waals surface area contributed by atoms with Gasteiger partial charge in [0.25, 0.3) is 0 Å². The van der Waals surface area contributed by atoms with E-state index in [1.165, 1.54) is 16.7 Å². The maximum atomic E-state index is 5.20. The first-order valence-corrected chi connectivity index (χ1v) is 6.71. The van der Waals surface area contributed by atoms with Crippen LogP contribution in [0.15, 0.2) is 18.2 Å². The molecule has 2 rings (SSSR count). The Morgan fingerprint density at radius 3 is 3.00 bits per heavy atom. The molecule has 1 aromatic carbocycles. The summed E-state index contributed by atoms with van der Waals surface area (Å²) in [5, 5.41) is 3.43. The maximum absolute atomic E-state index is 5.20. The van der Waals surface area contributed by atoms with E-state index >= 15 is 0 Å². The lowest BCUT2D eigenvalue weighted by Crippen LogP contribution is -2.32. The zero-order valence-electron chi connectivity index (χ0n) is 11.7. The summed E-state index contributed by atoms with van der Waals surface area (Å²) in [5.74, 6) is 0. The van der Waals surface area contributed by atoms with Crippen molar-refractivity contribution >= 4 is 0 Å². The molecule has 0 fully saturated rings. The first-order valence-electron chi connectivity index (χ1n) is 6.71. The van der Waals surface area contributed by atoms with Crippen LogP contribution < -0.4 is 5.32 Å². The Morgan fingerprint density at radius 1 is 1.39 bits per heavy atom. The van der Waals surface area contributed by atoms with Gasteiger partial charge in [0.1, 0.15) is 0 Å². The van der Waals surface area contributed by atoms with Gasteiger partial charge in [0, 0.05) is 26.2 Å². The van der Waals surface area contributed by atoms with Crippen molar-refractivity contribution in [3.8, 4) is 0 Å². The van der Waals surface area contributed by atoms with Gasteiger partial charge in [0.05, 0.1) is 6.61 Å². The molecule has 3 heteroatoms. The van der Waals surface area contributed by atoms with Crippen LogP contribution in [0, 0.1) is 0 Å². The van der Waals surface area contributed by atoms with E-state index in [2.05, 4.69) is 42.4 Å². The van der Waals surface area contributed by atoms with Gasteiger partial charge in [-0.15, -0.1) is 0 Å². The van der Waals surface area contributed by atoms with Crippen molar-refractivity contribution in [2.75, 3.05) is 27.3 Å². The number of methoxy groups -OCH3 is 1. The van der Waals surface area contributed by atoms with Crippen molar-refractivity contribution in [3.63, 3.8) is 0 Å². The van der Waals surface area contributed by atoms with Gasteiger partial charge >= 0.3 is 0 Å². The van der Waals surface area contributed by atoms with Crippen LogP contribution in [0.5, 0.6) is 0 Å². The molecule has 0 aromatic heterocycles. The van der Waals surface area contributed by atoms with Crippen molar-refractivity contribution in [2.24, 2.45) is 0 Å². The molecule has 1 N–H and O–H groups in total. The number of benzene rings is 1. The second-order valence-corrected chi connectivity index (χ2v) is 5.25. The first kappa shape index (κ1) is 13.5. The second-order valence-electron chi connectivity index (χ2n) is 5.25. The molecule has 0 saturated heterocycles. The van der Waals surface area contributed by atoms with Crippen molar-refractivity contribution < 1.29 is 4.74 Å². The largest absolute Gasteiger partial charge is 0.383 e. The zero-order chi connectivity index (χ0) is 13.0. The fraction of sp³-hybridized carbons (Fsp3) is 0.600. The topological polar surface area (TPSA) is 24.5 Å². The van der Waals surface area contributed by atoms with E-state index in [1.807, 2.05) is 0 Å². The quantitative estimate of drug-likeness (QED) is 0.860. The number of fused-ring (bicyclic) bond motifs is 1. The number of ether oxygens (including phenoxy) is 1. The van der Waals surface area contributed by atoms with Crippen molar-refractivity contribution in [1.29, 1.82) is 0 Å². The summed E-state index contributed by atoms with van der Waals surface area (Å²) in [6.07, 6.45) is 1.16. The number of hydrogen-bond acceptors (Lipinski definition) is 3. The molecule has 1 atom stereocenters. The molecule has 0 aliphatic carbocycles. The van der Waals surface area contributed by atoms with Crippen molar-refractivity contribution in [2.45, 2.75) is 32.5 Å². The zero-order valence-corrected chi connectivity index (χ0v) is 11.7. The Kier molecular flexibility index (Phi) is 4.75. The van der Waals surface area contributed by atoms with E-state index < -0.39 is 0 Å². The Morgan fingerprint density at radius 2 is 2.22 bits per heavy atom. The van der Waals surface area contributed by atoms with Gasteiger partial charge in [-0.25, -0.2) is 0 Å². The fourth-order valence-corrected chi connectivity index (χ4v) is 2.44. The molecule has 1 aromatic rings. The molecule has 0 amide bonds. The van der Waals surface area contributed by atoms with Crippen LogP contribution in [0.4, 0.5) is 0 Å². The summed E-state index contributed by atoms with van der Waals surface area (Å²) in [6.45, 7) is 6.09. The van der Waals surface area contributed by atoms with Gasteiger partial charge in [-0.3, -0.25) is 4.90 Å². The number of rotatable bonds is 5. The Bertz CT molecular complexity index is 392. The maximum Gasteiger partial charge on any atom is 0.0615 e. The Hall–Kier alpha value is -0.900. The smallest absolute Gasteiger partial charge is 0.0615 e. The number of hydrogen-bond donors (Lipinski definition) is 1. The highest BCUT2D eigenvalue weighted by Gasteiger charge is 2.12. The summed E-state index contributed by atoms with van der Waals surface area (Å²) >= 11 is 0. The van der Waals surface area contributed by atoms with E-state index in [4.69, 9.17) is 4.74 Å². The summed E-state index contributed by atoms with van der Waals surface area (Å²) in [4.78, 5) is 2.33. The molecule has 1 heterocycles. The molecule has 0 saturated carbocycles. The molecule has 3 nitrogen and oxygen atoms in total. The van der Waals surface area contributed by atoms with Gasteiger partial charge in [0.2, 0.25) is 0 Å². The minimum absolute atomic E-state index is 0.448. The van der Waals surface area contributed by atoms with Crippen LogP contribution >= 0.6 is 0 Å². The van der Waals surface area contributed by atoms with E-state index in [0.717, 1.165) is 32.7 Å². The van der Waals surface area contributed by atoms with E-state index in [0.29, 0.717) is 6.04 Å². The molecular weight excluding hydrogens is 224 g/mol. The lowest BCUT2D eigenvalue weighted by molar-refractivity contribution is 0.112. The highest BCUT2D eigenvalue weighted by Crippen LogP contribution is 2.17. The average Bonchev–Trinajstić information content (AvgIpc) is 2.39. The minimum Gasteiger partial charge on any atom is -0.383 e. The molecule has 100 valence electrons. The minimum atomic E-state index is 0.448. The number of likely N-dealkylation sites (N-methyl/N-ethyl adjacent to an activating group) is 1. The lowest BCUT2D eigenvalue weighted by Gasteiger charge is -2.25. The van der Waals surface area contributed by atoms with Crippen LogP contribution in [0.1, 0.15) is 23.6 Å². The molecule has 1 unspecified atom stereocenters. The Balaban J connectivity index is 2.01. The van der Waals surface area contributed by atoms with Gasteiger partial charge in [-0.1, -0.05) is 18.2 Å². The molecule has 0 radical (unpaired) electrons. The van der Waals surface area contributed by atoms with Crippen LogP contribution in [-0.2, 0) is 24.2 Å². The second kappa shape index (κ2) is 6.32. The fourth-order valence-electron chi connectivity index (χ4n) is 2.44. The molecule has 18 heavy (non-hydrogen) atoms. The third-order valence-electron chi connectivity index (χ3n) is 3.75. The number of nitrogens with one attached hydrogen (secondary N) is 1. The Labute approximate surface area is 110 Å². The normalized spacial score (nSPS) is 16.7. The molecular formula is C15H24N2O. The highest BCUT2D eigenvalue weighted by molar-refractivity contribution is 5.33. The van der Waals surface area contributed by atoms with E-state index in [-0.39, 0.29) is 0 Å². The SMILES string of the molecule is COCC(C)N(C)Cc1ccc2c(c1)CNCC2. The third-order valence-corrected chi connectivity index (χ3v) is 3.75. The van der Waals surface area contributed by atoms with Crippen LogP contribution in [0.2, 0.25) is 0 Å². The van der Waals surface area contributed by atoms with E-state index in [1.54, 1.807) is 7.11 Å². The summed E-state index contributed by atoms with van der Waals surface area (Å²) in [6, 6.07) is 7.35. The van der Waals surface area contributed by atoms with E-state index in [9.17, 15) is 0 Å². The van der Waals surface area contributed by atoms with Gasteiger partial charge in [0.15, 0.2) is 0 Å². The highest BCUT2D eigenvalue weighted by atomic mass is 16.5.